The maximum absolute atomic E-state index is 13.5. The van der Waals surface area contributed by atoms with Crippen molar-refractivity contribution in [2.24, 2.45) is 0 Å². The predicted molar refractivity (Wildman–Crippen MR) is 384 cm³/mol. The minimum absolute atomic E-state index is 0.108. The average molecular weight is 1270 g/mol. The van der Waals surface area contributed by atoms with Crippen molar-refractivity contribution in [1.29, 1.82) is 0 Å². The Hall–Kier alpha value is -4.46. The van der Waals surface area contributed by atoms with Crippen molar-refractivity contribution < 1.29 is 49.3 Å². The Labute approximate surface area is 555 Å². The van der Waals surface area contributed by atoms with E-state index in [-0.39, 0.29) is 19.4 Å². The van der Waals surface area contributed by atoms with Crippen molar-refractivity contribution in [2.45, 2.75) is 333 Å². The first-order valence-corrected chi connectivity index (χ1v) is 36.6. The van der Waals surface area contributed by atoms with E-state index in [1.807, 2.05) is 6.08 Å². The first-order valence-electron chi connectivity index (χ1n) is 36.6. The molecule has 1 aliphatic heterocycles. The molecule has 8 unspecified atom stereocenters. The molecule has 91 heavy (non-hydrogen) atoms. The molecule has 1 saturated heterocycles. The lowest BCUT2D eigenvalue weighted by atomic mass is 9.99. The molecule has 0 saturated carbocycles. The van der Waals surface area contributed by atoms with Crippen molar-refractivity contribution in [3.8, 4) is 0 Å². The summed E-state index contributed by atoms with van der Waals surface area (Å²) in [6.07, 6.45) is 84.5. The van der Waals surface area contributed by atoms with Crippen LogP contribution in [0.5, 0.6) is 0 Å². The van der Waals surface area contributed by atoms with E-state index in [1.54, 1.807) is 6.08 Å². The fraction of sp³-hybridized carbons (Fsp3) is 0.675. The zero-order valence-corrected chi connectivity index (χ0v) is 57.7. The molecule has 11 nitrogen and oxygen atoms in total. The molecule has 1 rings (SSSR count). The van der Waals surface area contributed by atoms with Crippen LogP contribution in [0.15, 0.2) is 146 Å². The van der Waals surface area contributed by atoms with Crippen molar-refractivity contribution in [2.75, 3.05) is 13.2 Å². The largest absolute Gasteiger partial charge is 0.454 e. The standard InChI is InChI=1S/C80H133NO10/c1-4-7-10-13-16-19-22-25-27-29-31-33-35-36-37-38-39-41-43-45-47-50-53-56-59-62-65-68-75(85)91-78-77(87)76(86)74(69-82)90-80(78)89-70-71(72(83)66-63-60-57-54-51-48-24-21-18-15-12-9-6-3)81-79(88)73(84)67-64-61-58-55-52-49-46-44-42-40-34-32-30-28-26-23-20-17-14-11-8-5-2/h7-8,10-11,16-17,19-20,25-28,31-34,36-37,42,44,49,52,63,66,71-74,76-78,80,82-84,86-87H,4-6,9,12-15,18,21-24,29-30,35,38-41,43,45-48,50-51,53-62,64-65,67-70H2,1-3H3,(H,81,88)/b10-7-,11-8-,19-16-,20-17-,27-25-,28-26-,33-31-,34-32-,37-36-,44-42-,52-49-,66-63+. The van der Waals surface area contributed by atoms with Crippen LogP contribution in [0.25, 0.3) is 0 Å². The SMILES string of the molecule is CC/C=C\C/C=C\C/C=C\C/C=C\C/C=C\C/C=C\CCCCCC(O)C(=O)NC(COC1OC(CO)C(O)C(O)C1OC(=O)CCCCCCCCCCCCC/C=C\C/C=C\C/C=C\C/C=C\C/C=C\CC)C(O)/C=C/CCCCCCCCCCCCC. The summed E-state index contributed by atoms with van der Waals surface area (Å²) in [5.41, 5.74) is 0. The van der Waals surface area contributed by atoms with Gasteiger partial charge in [0, 0.05) is 6.42 Å². The number of hydrogen-bond donors (Lipinski definition) is 6. The van der Waals surface area contributed by atoms with Crippen LogP contribution < -0.4 is 5.32 Å². The zero-order chi connectivity index (χ0) is 66.0. The highest BCUT2D eigenvalue weighted by atomic mass is 16.7. The second-order valence-electron chi connectivity index (χ2n) is 24.6. The lowest BCUT2D eigenvalue weighted by molar-refractivity contribution is -0.305. The Morgan fingerprint density at radius 1 is 0.440 bits per heavy atom. The normalized spacial score (nSPS) is 18.9. The Morgan fingerprint density at radius 3 is 1.19 bits per heavy atom. The minimum Gasteiger partial charge on any atom is -0.454 e. The van der Waals surface area contributed by atoms with Crippen LogP contribution in [0.1, 0.15) is 284 Å². The maximum Gasteiger partial charge on any atom is 0.306 e. The van der Waals surface area contributed by atoms with Gasteiger partial charge < -0.3 is 45.1 Å². The summed E-state index contributed by atoms with van der Waals surface area (Å²) in [7, 11) is 0. The molecule has 11 heteroatoms. The monoisotopic (exact) mass is 1270 g/mol. The van der Waals surface area contributed by atoms with Gasteiger partial charge in [-0.2, -0.15) is 0 Å². The first-order chi connectivity index (χ1) is 44.7. The molecule has 1 heterocycles. The summed E-state index contributed by atoms with van der Waals surface area (Å²) in [4.78, 5) is 26.7. The molecule has 518 valence electrons. The summed E-state index contributed by atoms with van der Waals surface area (Å²) < 4.78 is 17.7. The van der Waals surface area contributed by atoms with Gasteiger partial charge >= 0.3 is 5.97 Å². The Morgan fingerprint density at radius 2 is 0.791 bits per heavy atom. The highest BCUT2D eigenvalue weighted by molar-refractivity contribution is 5.80. The van der Waals surface area contributed by atoms with E-state index in [4.69, 9.17) is 14.2 Å². The second kappa shape index (κ2) is 65.6. The number of hydrogen-bond acceptors (Lipinski definition) is 10. The quantitative estimate of drug-likeness (QED) is 0.0195. The van der Waals surface area contributed by atoms with E-state index in [2.05, 4.69) is 160 Å². The van der Waals surface area contributed by atoms with Gasteiger partial charge in [0.25, 0.3) is 0 Å². The summed E-state index contributed by atoms with van der Waals surface area (Å²) >= 11 is 0. The topological polar surface area (TPSA) is 175 Å². The molecule has 0 aromatic rings. The van der Waals surface area contributed by atoms with Gasteiger partial charge in [0.15, 0.2) is 12.4 Å². The van der Waals surface area contributed by atoms with Crippen molar-refractivity contribution in [1.82, 2.24) is 5.32 Å². The minimum atomic E-state index is -1.63. The molecule has 0 spiro atoms. The van der Waals surface area contributed by atoms with Crippen LogP contribution in [0.3, 0.4) is 0 Å². The maximum atomic E-state index is 13.5. The fourth-order valence-electron chi connectivity index (χ4n) is 10.6. The number of ether oxygens (including phenoxy) is 3. The lowest BCUT2D eigenvalue weighted by Gasteiger charge is -2.41. The fourth-order valence-corrected chi connectivity index (χ4v) is 10.6. The molecule has 0 aromatic heterocycles. The molecule has 1 fully saturated rings. The van der Waals surface area contributed by atoms with Gasteiger partial charge in [0.1, 0.15) is 24.4 Å². The molecule has 8 atom stereocenters. The lowest BCUT2D eigenvalue weighted by Crippen LogP contribution is -2.61. The van der Waals surface area contributed by atoms with E-state index >= 15 is 0 Å². The number of amides is 1. The number of aliphatic hydroxyl groups is 5. The summed E-state index contributed by atoms with van der Waals surface area (Å²) in [6, 6.07) is -1.05. The van der Waals surface area contributed by atoms with E-state index in [0.29, 0.717) is 12.8 Å². The third-order valence-electron chi connectivity index (χ3n) is 16.2. The molecule has 0 bridgehead atoms. The molecule has 0 aliphatic carbocycles. The number of carbonyl (C=O) groups is 2. The van der Waals surface area contributed by atoms with Gasteiger partial charge in [-0.1, -0.05) is 301 Å². The van der Waals surface area contributed by atoms with Gasteiger partial charge in [0.05, 0.1) is 25.4 Å². The van der Waals surface area contributed by atoms with Crippen molar-refractivity contribution in [3.05, 3.63) is 146 Å². The van der Waals surface area contributed by atoms with Crippen LogP contribution >= 0.6 is 0 Å². The van der Waals surface area contributed by atoms with Gasteiger partial charge in [0.2, 0.25) is 5.91 Å². The number of nitrogens with one attached hydrogen (secondary N) is 1. The zero-order valence-electron chi connectivity index (χ0n) is 57.7. The second-order valence-corrected chi connectivity index (χ2v) is 24.6. The van der Waals surface area contributed by atoms with Crippen LogP contribution in [-0.4, -0.2) is 99.6 Å². The van der Waals surface area contributed by atoms with Crippen LogP contribution in [0, 0.1) is 0 Å². The number of esters is 1. The third-order valence-corrected chi connectivity index (χ3v) is 16.2. The van der Waals surface area contributed by atoms with Crippen LogP contribution in [0.4, 0.5) is 0 Å². The smallest absolute Gasteiger partial charge is 0.306 e. The van der Waals surface area contributed by atoms with Gasteiger partial charge in [-0.15, -0.1) is 0 Å². The highest BCUT2D eigenvalue weighted by Crippen LogP contribution is 2.26. The summed E-state index contributed by atoms with van der Waals surface area (Å²) in [6.45, 7) is 5.56. The Balaban J connectivity index is 2.60. The molecular formula is C80H133NO10. The molecule has 0 aromatic carbocycles. The van der Waals surface area contributed by atoms with E-state index < -0.39 is 67.4 Å². The van der Waals surface area contributed by atoms with Gasteiger partial charge in [-0.3, -0.25) is 9.59 Å². The van der Waals surface area contributed by atoms with Crippen LogP contribution in [-0.2, 0) is 23.8 Å². The summed E-state index contributed by atoms with van der Waals surface area (Å²) in [5.74, 6) is -1.23. The van der Waals surface area contributed by atoms with Gasteiger partial charge in [-0.05, 0) is 122 Å². The number of allylic oxidation sites excluding steroid dienone is 23. The molecule has 1 aliphatic rings. The van der Waals surface area contributed by atoms with Crippen molar-refractivity contribution in [3.63, 3.8) is 0 Å². The number of aliphatic hydroxyl groups excluding tert-OH is 5. The van der Waals surface area contributed by atoms with E-state index in [0.717, 1.165) is 148 Å². The van der Waals surface area contributed by atoms with Crippen molar-refractivity contribution >= 4 is 11.9 Å². The van der Waals surface area contributed by atoms with E-state index in [9.17, 15) is 35.1 Å². The van der Waals surface area contributed by atoms with E-state index in [1.165, 1.54) is 89.9 Å². The van der Waals surface area contributed by atoms with Gasteiger partial charge in [-0.25, -0.2) is 0 Å². The Kier molecular flexibility index (Phi) is 60.9. The predicted octanol–water partition coefficient (Wildman–Crippen LogP) is 19.3. The molecule has 0 radical (unpaired) electrons. The molecule has 1 amide bonds. The molecule has 6 N–H and O–H groups in total. The summed E-state index contributed by atoms with van der Waals surface area (Å²) in [5, 5.41) is 57.3. The average Bonchev–Trinajstić information content (AvgIpc) is 1.05. The van der Waals surface area contributed by atoms with Crippen LogP contribution in [0.2, 0.25) is 0 Å². The number of carbonyl (C=O) groups excluding carboxylic acids is 2. The Bertz CT molecular complexity index is 2040. The number of rotatable bonds is 61. The first kappa shape index (κ1) is 84.6. The highest BCUT2D eigenvalue weighted by Gasteiger charge is 2.47. The third kappa shape index (κ3) is 52.6. The number of unbranched alkanes of at least 4 members (excludes halogenated alkanes) is 25. The molecular weight excluding hydrogens is 1130 g/mol.